The fourth-order valence-electron chi connectivity index (χ4n) is 2.57. The van der Waals surface area contributed by atoms with Gasteiger partial charge in [0.15, 0.2) is 0 Å². The third kappa shape index (κ3) is 1.65. The first kappa shape index (κ1) is 9.97. The first-order valence-electron chi connectivity index (χ1n) is 5.98. The van der Waals surface area contributed by atoms with Crippen molar-refractivity contribution < 1.29 is 4.74 Å². The molecule has 0 unspecified atom stereocenters. The zero-order chi connectivity index (χ0) is 11.0. The zero-order valence-electron chi connectivity index (χ0n) is 9.68. The number of rotatable bonds is 0. The number of aryl methyl sites for hydroxylation is 1. The fourth-order valence-corrected chi connectivity index (χ4v) is 2.57. The third-order valence-corrected chi connectivity index (χ3v) is 3.64. The minimum atomic E-state index is 0.209. The maximum Gasteiger partial charge on any atom is 0.0590 e. The quantitative estimate of drug-likeness (QED) is 0.701. The van der Waals surface area contributed by atoms with Crippen LogP contribution in [0.4, 0.5) is 11.4 Å². The first-order chi connectivity index (χ1) is 7.77. The van der Waals surface area contributed by atoms with Gasteiger partial charge >= 0.3 is 0 Å². The van der Waals surface area contributed by atoms with Gasteiger partial charge in [-0.1, -0.05) is 6.07 Å². The summed E-state index contributed by atoms with van der Waals surface area (Å²) in [5.41, 5.74) is 3.98. The normalized spacial score (nSPS) is 22.1. The van der Waals surface area contributed by atoms with Crippen molar-refractivity contribution in [3.63, 3.8) is 0 Å². The molecule has 1 saturated heterocycles. The second-order valence-corrected chi connectivity index (χ2v) is 4.92. The van der Waals surface area contributed by atoms with Crippen molar-refractivity contribution >= 4 is 11.4 Å². The van der Waals surface area contributed by atoms with E-state index < -0.39 is 0 Å². The van der Waals surface area contributed by atoms with Crippen LogP contribution in [-0.4, -0.2) is 25.3 Å². The Morgan fingerprint density at radius 1 is 1.19 bits per heavy atom. The summed E-state index contributed by atoms with van der Waals surface area (Å²) in [4.78, 5) is 0. The Hall–Kier alpha value is -1.22. The minimum Gasteiger partial charge on any atom is -0.381 e. The van der Waals surface area contributed by atoms with Gasteiger partial charge in [-0.2, -0.15) is 0 Å². The van der Waals surface area contributed by atoms with Crippen molar-refractivity contribution in [2.75, 3.05) is 30.4 Å². The van der Waals surface area contributed by atoms with Gasteiger partial charge in [0.1, 0.15) is 0 Å². The summed E-state index contributed by atoms with van der Waals surface area (Å²) in [6, 6.07) is 6.54. The Morgan fingerprint density at radius 2 is 2.00 bits per heavy atom. The predicted molar refractivity (Wildman–Crippen MR) is 66.1 cm³/mol. The van der Waals surface area contributed by atoms with Gasteiger partial charge in [-0.15, -0.1) is 0 Å². The van der Waals surface area contributed by atoms with Crippen molar-refractivity contribution in [1.82, 2.24) is 0 Å². The van der Waals surface area contributed by atoms with Crippen LogP contribution in [0, 0.1) is 6.92 Å². The molecule has 3 nitrogen and oxygen atoms in total. The lowest BCUT2D eigenvalue weighted by atomic mass is 9.87. The lowest BCUT2D eigenvalue weighted by Gasteiger charge is -2.43. The number of hydrogen-bond acceptors (Lipinski definition) is 3. The van der Waals surface area contributed by atoms with Crippen molar-refractivity contribution in [3.8, 4) is 0 Å². The second-order valence-electron chi connectivity index (χ2n) is 4.92. The first-order valence-corrected chi connectivity index (χ1v) is 5.98. The maximum atomic E-state index is 5.44. The standard InChI is InChI=1S/C13H18N2O/c1-10-2-3-11-12(8-10)14-9-13(15-11)4-6-16-7-5-13/h2-3,8,14-15H,4-7,9H2,1H3. The third-order valence-electron chi connectivity index (χ3n) is 3.64. The molecule has 0 aromatic heterocycles. The smallest absolute Gasteiger partial charge is 0.0590 e. The SMILES string of the molecule is Cc1ccc2c(c1)NCC1(CCOCC1)N2. The number of anilines is 2. The summed E-state index contributed by atoms with van der Waals surface area (Å²) in [5.74, 6) is 0. The predicted octanol–water partition coefficient (Wildman–Crippen LogP) is 2.38. The van der Waals surface area contributed by atoms with Gasteiger partial charge in [0.2, 0.25) is 0 Å². The zero-order valence-corrected chi connectivity index (χ0v) is 9.68. The van der Waals surface area contributed by atoms with Crippen LogP contribution in [0.5, 0.6) is 0 Å². The highest BCUT2D eigenvalue weighted by atomic mass is 16.5. The fraction of sp³-hybridized carbons (Fsp3) is 0.538. The summed E-state index contributed by atoms with van der Waals surface area (Å²) in [7, 11) is 0. The van der Waals surface area contributed by atoms with Crippen LogP contribution >= 0.6 is 0 Å². The molecule has 86 valence electrons. The van der Waals surface area contributed by atoms with Crippen molar-refractivity contribution in [1.29, 1.82) is 0 Å². The van der Waals surface area contributed by atoms with E-state index in [0.717, 1.165) is 32.6 Å². The molecule has 2 heterocycles. The monoisotopic (exact) mass is 218 g/mol. The molecule has 1 aromatic carbocycles. The van der Waals surface area contributed by atoms with Crippen LogP contribution in [0.3, 0.4) is 0 Å². The van der Waals surface area contributed by atoms with Gasteiger partial charge in [-0.05, 0) is 37.5 Å². The van der Waals surface area contributed by atoms with Crippen LogP contribution in [0.15, 0.2) is 18.2 Å². The van der Waals surface area contributed by atoms with Gasteiger partial charge in [0.25, 0.3) is 0 Å². The van der Waals surface area contributed by atoms with E-state index in [-0.39, 0.29) is 5.54 Å². The summed E-state index contributed by atoms with van der Waals surface area (Å²) < 4.78 is 5.44. The molecule has 0 atom stereocenters. The Morgan fingerprint density at radius 3 is 2.81 bits per heavy atom. The van der Waals surface area contributed by atoms with Crippen molar-refractivity contribution in [2.24, 2.45) is 0 Å². The number of nitrogens with one attached hydrogen (secondary N) is 2. The lowest BCUT2D eigenvalue weighted by Crippen LogP contribution is -2.51. The van der Waals surface area contributed by atoms with Gasteiger partial charge in [0, 0.05) is 19.8 Å². The highest BCUT2D eigenvalue weighted by Gasteiger charge is 2.35. The molecule has 16 heavy (non-hydrogen) atoms. The van der Waals surface area contributed by atoms with Crippen LogP contribution in [0.25, 0.3) is 0 Å². The molecule has 0 bridgehead atoms. The molecule has 1 spiro atoms. The molecular weight excluding hydrogens is 200 g/mol. The Balaban J connectivity index is 1.88. The molecule has 0 saturated carbocycles. The van der Waals surface area contributed by atoms with Crippen LogP contribution in [0.1, 0.15) is 18.4 Å². The molecule has 2 N–H and O–H groups in total. The van der Waals surface area contributed by atoms with Gasteiger partial charge in [0.05, 0.1) is 16.9 Å². The van der Waals surface area contributed by atoms with Crippen LogP contribution in [0.2, 0.25) is 0 Å². The number of hydrogen-bond donors (Lipinski definition) is 2. The van der Waals surface area contributed by atoms with E-state index >= 15 is 0 Å². The summed E-state index contributed by atoms with van der Waals surface area (Å²) in [6.45, 7) is 4.87. The highest BCUT2D eigenvalue weighted by Crippen LogP contribution is 2.35. The van der Waals surface area contributed by atoms with E-state index in [1.165, 1.54) is 16.9 Å². The van der Waals surface area contributed by atoms with E-state index in [2.05, 4.69) is 35.8 Å². The topological polar surface area (TPSA) is 33.3 Å². The number of fused-ring (bicyclic) bond motifs is 1. The van der Waals surface area contributed by atoms with E-state index in [4.69, 9.17) is 4.74 Å². The molecule has 0 aliphatic carbocycles. The Labute approximate surface area is 96.2 Å². The number of ether oxygens (including phenoxy) is 1. The van der Waals surface area contributed by atoms with E-state index in [1.807, 2.05) is 0 Å². The van der Waals surface area contributed by atoms with Gasteiger partial charge < -0.3 is 15.4 Å². The largest absolute Gasteiger partial charge is 0.381 e. The maximum absolute atomic E-state index is 5.44. The summed E-state index contributed by atoms with van der Waals surface area (Å²) in [6.07, 6.45) is 2.18. The lowest BCUT2D eigenvalue weighted by molar-refractivity contribution is 0.0635. The molecule has 3 heteroatoms. The molecule has 2 aliphatic rings. The molecule has 2 aliphatic heterocycles. The van der Waals surface area contributed by atoms with E-state index in [0.29, 0.717) is 0 Å². The van der Waals surface area contributed by atoms with Crippen LogP contribution in [-0.2, 0) is 4.74 Å². The van der Waals surface area contributed by atoms with E-state index in [9.17, 15) is 0 Å². The Kier molecular flexibility index (Phi) is 2.28. The molecule has 3 rings (SSSR count). The van der Waals surface area contributed by atoms with Crippen molar-refractivity contribution in [2.45, 2.75) is 25.3 Å². The Bertz CT molecular complexity index is 397. The molecule has 0 radical (unpaired) electrons. The summed E-state index contributed by atoms with van der Waals surface area (Å²) in [5, 5.41) is 7.24. The van der Waals surface area contributed by atoms with Gasteiger partial charge in [-0.3, -0.25) is 0 Å². The van der Waals surface area contributed by atoms with Crippen molar-refractivity contribution in [3.05, 3.63) is 23.8 Å². The average Bonchev–Trinajstić information content (AvgIpc) is 2.31. The molecule has 1 fully saturated rings. The average molecular weight is 218 g/mol. The highest BCUT2D eigenvalue weighted by molar-refractivity contribution is 5.73. The molecule has 0 amide bonds. The van der Waals surface area contributed by atoms with Gasteiger partial charge in [-0.25, -0.2) is 0 Å². The van der Waals surface area contributed by atoms with E-state index in [1.54, 1.807) is 0 Å². The minimum absolute atomic E-state index is 0.209. The second kappa shape index (κ2) is 3.67. The van der Waals surface area contributed by atoms with Crippen LogP contribution < -0.4 is 10.6 Å². The number of benzene rings is 1. The molecular formula is C13H18N2O. The molecule has 1 aromatic rings. The summed E-state index contributed by atoms with van der Waals surface area (Å²) >= 11 is 0.